The molecule has 24 heavy (non-hydrogen) atoms. The molecule has 1 amide bonds. The molecule has 1 aliphatic heterocycles. The first-order valence-electron chi connectivity index (χ1n) is 7.74. The van der Waals surface area contributed by atoms with E-state index in [0.717, 1.165) is 29.1 Å². The molecule has 0 N–H and O–H groups in total. The zero-order chi connectivity index (χ0) is 17.4. The maximum Gasteiger partial charge on any atom is 0.257 e. The highest BCUT2D eigenvalue weighted by Crippen LogP contribution is 2.30. The Morgan fingerprint density at radius 3 is 2.71 bits per heavy atom. The van der Waals surface area contributed by atoms with Gasteiger partial charge in [-0.2, -0.15) is 5.10 Å². The Balaban J connectivity index is 1.99. The van der Waals surface area contributed by atoms with Crippen LogP contribution in [-0.4, -0.2) is 40.3 Å². The van der Waals surface area contributed by atoms with Gasteiger partial charge >= 0.3 is 0 Å². The summed E-state index contributed by atoms with van der Waals surface area (Å²) in [5.41, 5.74) is 2.51. The van der Waals surface area contributed by atoms with E-state index in [4.69, 9.17) is 4.74 Å². The van der Waals surface area contributed by atoms with Gasteiger partial charge in [0.05, 0.1) is 30.5 Å². The lowest BCUT2D eigenvalue weighted by Gasteiger charge is -2.36. The van der Waals surface area contributed by atoms with Crippen LogP contribution in [0.15, 0.2) is 18.2 Å². The highest BCUT2D eigenvalue weighted by atomic mass is 19.1. The quantitative estimate of drug-likeness (QED) is 0.847. The Kier molecular flexibility index (Phi) is 4.36. The van der Waals surface area contributed by atoms with Crippen LogP contribution < -0.4 is 0 Å². The number of hydrogen-bond acceptors (Lipinski definition) is 3. The molecule has 1 aromatic carbocycles. The molecule has 1 aliphatic rings. The predicted molar refractivity (Wildman–Crippen MR) is 83.6 cm³/mol. The van der Waals surface area contributed by atoms with Crippen molar-refractivity contribution in [1.82, 2.24) is 14.7 Å². The molecular formula is C17H19F2N3O2. The number of rotatable bonds is 2. The average molecular weight is 335 g/mol. The third-order valence-electron chi connectivity index (χ3n) is 4.45. The molecule has 0 radical (unpaired) electrons. The number of nitrogens with zero attached hydrogens (tertiary/aromatic N) is 3. The van der Waals surface area contributed by atoms with Gasteiger partial charge in [-0.05, 0) is 26.0 Å². The fourth-order valence-electron chi connectivity index (χ4n) is 3.18. The van der Waals surface area contributed by atoms with Gasteiger partial charge in [-0.15, -0.1) is 0 Å². The fraction of sp³-hybridized carbons (Fsp3) is 0.412. The van der Waals surface area contributed by atoms with Crippen LogP contribution in [-0.2, 0) is 11.8 Å². The van der Waals surface area contributed by atoms with E-state index in [1.54, 1.807) is 9.58 Å². The van der Waals surface area contributed by atoms with Crippen LogP contribution in [0, 0.1) is 25.5 Å². The molecule has 1 fully saturated rings. The Labute approximate surface area is 138 Å². The number of carbonyl (C=O) groups excluding carboxylic acids is 1. The zero-order valence-electron chi connectivity index (χ0n) is 13.8. The summed E-state index contributed by atoms with van der Waals surface area (Å²) in [5, 5.41) is 4.38. The number of morpholine rings is 1. The first-order chi connectivity index (χ1) is 11.4. The zero-order valence-corrected chi connectivity index (χ0v) is 13.8. The maximum absolute atomic E-state index is 14.0. The largest absolute Gasteiger partial charge is 0.377 e. The molecular weight excluding hydrogens is 316 g/mol. The van der Waals surface area contributed by atoms with Gasteiger partial charge in [0, 0.05) is 30.9 Å². The lowest BCUT2D eigenvalue weighted by atomic mass is 10.0. The summed E-state index contributed by atoms with van der Waals surface area (Å²) < 4.78 is 34.4. The van der Waals surface area contributed by atoms with Crippen molar-refractivity contribution in [2.24, 2.45) is 7.05 Å². The number of aromatic nitrogens is 2. The standard InChI is InChI=1S/C17H19F2N3O2/c1-10-16(11(2)21(3)20-10)15-9-24-7-6-22(15)17(23)13-5-4-12(18)8-14(13)19/h4-5,8,15H,6-7,9H2,1-3H3/t15-/m0/s1. The number of benzene rings is 1. The molecule has 2 aromatic rings. The van der Waals surface area contributed by atoms with Gasteiger partial charge in [0.1, 0.15) is 11.6 Å². The molecule has 5 nitrogen and oxygen atoms in total. The molecule has 1 atom stereocenters. The Bertz CT molecular complexity index is 788. The van der Waals surface area contributed by atoms with E-state index in [1.165, 1.54) is 6.07 Å². The molecule has 0 saturated carbocycles. The average Bonchev–Trinajstić information content (AvgIpc) is 2.79. The summed E-state index contributed by atoms with van der Waals surface area (Å²) in [7, 11) is 1.83. The Morgan fingerprint density at radius 2 is 2.08 bits per heavy atom. The van der Waals surface area contributed by atoms with Crippen LogP contribution in [0.4, 0.5) is 8.78 Å². The highest BCUT2D eigenvalue weighted by Gasteiger charge is 2.33. The molecule has 0 unspecified atom stereocenters. The van der Waals surface area contributed by atoms with Crippen molar-refractivity contribution in [1.29, 1.82) is 0 Å². The molecule has 0 bridgehead atoms. The Hall–Kier alpha value is -2.28. The topological polar surface area (TPSA) is 47.4 Å². The highest BCUT2D eigenvalue weighted by molar-refractivity contribution is 5.94. The van der Waals surface area contributed by atoms with E-state index in [0.29, 0.717) is 19.8 Å². The van der Waals surface area contributed by atoms with Crippen LogP contribution >= 0.6 is 0 Å². The van der Waals surface area contributed by atoms with Gasteiger partial charge in [0.25, 0.3) is 5.91 Å². The van der Waals surface area contributed by atoms with Crippen molar-refractivity contribution in [2.75, 3.05) is 19.8 Å². The van der Waals surface area contributed by atoms with Crippen molar-refractivity contribution in [2.45, 2.75) is 19.9 Å². The van der Waals surface area contributed by atoms with Crippen LogP contribution in [0.3, 0.4) is 0 Å². The van der Waals surface area contributed by atoms with Crippen molar-refractivity contribution in [3.05, 3.63) is 52.3 Å². The van der Waals surface area contributed by atoms with E-state index in [1.807, 2.05) is 20.9 Å². The van der Waals surface area contributed by atoms with Crippen LogP contribution in [0.1, 0.15) is 33.4 Å². The van der Waals surface area contributed by atoms with E-state index in [2.05, 4.69) is 5.10 Å². The van der Waals surface area contributed by atoms with Gasteiger partial charge in [0.15, 0.2) is 0 Å². The summed E-state index contributed by atoms with van der Waals surface area (Å²) >= 11 is 0. The lowest BCUT2D eigenvalue weighted by molar-refractivity contribution is -0.00328. The second kappa shape index (κ2) is 6.32. The molecule has 128 valence electrons. The number of hydrogen-bond donors (Lipinski definition) is 0. The molecule has 1 saturated heterocycles. The van der Waals surface area contributed by atoms with E-state index in [-0.39, 0.29) is 11.6 Å². The second-order valence-electron chi connectivity index (χ2n) is 5.92. The first-order valence-corrected chi connectivity index (χ1v) is 7.74. The molecule has 2 heterocycles. The van der Waals surface area contributed by atoms with Gasteiger partial charge in [-0.1, -0.05) is 0 Å². The molecule has 1 aromatic heterocycles. The van der Waals surface area contributed by atoms with Gasteiger partial charge in [-0.3, -0.25) is 9.48 Å². The molecule has 0 aliphatic carbocycles. The third kappa shape index (κ3) is 2.80. The van der Waals surface area contributed by atoms with E-state index < -0.39 is 17.5 Å². The number of halogens is 2. The monoisotopic (exact) mass is 335 g/mol. The number of amides is 1. The minimum Gasteiger partial charge on any atom is -0.377 e. The van der Waals surface area contributed by atoms with Crippen molar-refractivity contribution < 1.29 is 18.3 Å². The number of carbonyl (C=O) groups is 1. The number of ether oxygens (including phenoxy) is 1. The van der Waals surface area contributed by atoms with Crippen LogP contribution in [0.25, 0.3) is 0 Å². The van der Waals surface area contributed by atoms with Crippen LogP contribution in [0.2, 0.25) is 0 Å². The van der Waals surface area contributed by atoms with Gasteiger partial charge < -0.3 is 9.64 Å². The minimum absolute atomic E-state index is 0.137. The summed E-state index contributed by atoms with van der Waals surface area (Å²) in [6, 6.07) is 2.65. The van der Waals surface area contributed by atoms with Crippen molar-refractivity contribution >= 4 is 5.91 Å². The molecule has 7 heteroatoms. The van der Waals surface area contributed by atoms with Crippen LogP contribution in [0.5, 0.6) is 0 Å². The Morgan fingerprint density at radius 1 is 1.33 bits per heavy atom. The van der Waals surface area contributed by atoms with E-state index >= 15 is 0 Å². The summed E-state index contributed by atoms with van der Waals surface area (Å²) in [6.45, 7) is 4.84. The first kappa shape index (κ1) is 16.6. The smallest absolute Gasteiger partial charge is 0.257 e. The van der Waals surface area contributed by atoms with E-state index in [9.17, 15) is 13.6 Å². The molecule has 3 rings (SSSR count). The van der Waals surface area contributed by atoms with Crippen molar-refractivity contribution in [3.8, 4) is 0 Å². The summed E-state index contributed by atoms with van der Waals surface area (Å²) in [5.74, 6) is -2.03. The third-order valence-corrected chi connectivity index (χ3v) is 4.45. The summed E-state index contributed by atoms with van der Waals surface area (Å²) in [4.78, 5) is 14.4. The van der Waals surface area contributed by atoms with Crippen molar-refractivity contribution in [3.63, 3.8) is 0 Å². The minimum atomic E-state index is -0.857. The van der Waals surface area contributed by atoms with Gasteiger partial charge in [0.2, 0.25) is 0 Å². The normalized spacial score (nSPS) is 18.0. The maximum atomic E-state index is 14.0. The van der Waals surface area contributed by atoms with Gasteiger partial charge in [-0.25, -0.2) is 8.78 Å². The second-order valence-corrected chi connectivity index (χ2v) is 5.92. The summed E-state index contributed by atoms with van der Waals surface area (Å²) in [6.07, 6.45) is 0. The molecule has 0 spiro atoms. The fourth-order valence-corrected chi connectivity index (χ4v) is 3.18. The predicted octanol–water partition coefficient (Wildman–Crippen LogP) is 2.53. The SMILES string of the molecule is Cc1nn(C)c(C)c1[C@@H]1COCCN1C(=O)c1ccc(F)cc1F. The lowest BCUT2D eigenvalue weighted by Crippen LogP contribution is -2.44. The number of aryl methyl sites for hydroxylation is 2.